The number of carbonyl (C=O) groups excluding carboxylic acids is 1. The van der Waals surface area contributed by atoms with Crippen molar-refractivity contribution >= 4 is 21.8 Å². The van der Waals surface area contributed by atoms with Crippen LogP contribution < -0.4 is 14.8 Å². The lowest BCUT2D eigenvalue weighted by Crippen LogP contribution is -2.56. The van der Waals surface area contributed by atoms with E-state index >= 15 is 0 Å². The van der Waals surface area contributed by atoms with E-state index in [0.717, 1.165) is 25.7 Å². The van der Waals surface area contributed by atoms with Crippen LogP contribution in [-0.2, 0) is 15.0 Å². The van der Waals surface area contributed by atoms with Gasteiger partial charge >= 0.3 is 0 Å². The molecule has 0 saturated carbocycles. The Hall–Kier alpha value is -1.88. The van der Waals surface area contributed by atoms with Gasteiger partial charge in [-0.1, -0.05) is 12.8 Å². The van der Waals surface area contributed by atoms with E-state index in [4.69, 9.17) is 9.47 Å². The zero-order chi connectivity index (χ0) is 22.4. The third-order valence-electron chi connectivity index (χ3n) is 6.04. The van der Waals surface area contributed by atoms with Crippen LogP contribution in [0.2, 0.25) is 0 Å². The molecule has 1 aromatic rings. The molecule has 2 aliphatic heterocycles. The molecular formula is C21H34N4O5S. The van der Waals surface area contributed by atoms with Gasteiger partial charge in [0, 0.05) is 63.2 Å². The number of nitrogens with one attached hydrogen (secondary N) is 1. The van der Waals surface area contributed by atoms with Crippen LogP contribution in [0.1, 0.15) is 32.6 Å². The normalized spacial score (nSPS) is 20.6. The van der Waals surface area contributed by atoms with E-state index in [1.54, 1.807) is 41.0 Å². The second-order valence-corrected chi connectivity index (χ2v) is 9.95. The van der Waals surface area contributed by atoms with E-state index in [9.17, 15) is 13.2 Å². The number of hydrogen-bond acceptors (Lipinski definition) is 6. The Labute approximate surface area is 185 Å². The quantitative estimate of drug-likeness (QED) is 0.675. The molecule has 1 N–H and O–H groups in total. The van der Waals surface area contributed by atoms with Crippen molar-refractivity contribution in [2.45, 2.75) is 38.6 Å². The third-order valence-corrected chi connectivity index (χ3v) is 8.07. The summed E-state index contributed by atoms with van der Waals surface area (Å²) in [5.74, 6) is 1.03. The van der Waals surface area contributed by atoms with E-state index in [-0.39, 0.29) is 11.9 Å². The van der Waals surface area contributed by atoms with Gasteiger partial charge in [-0.3, -0.25) is 9.69 Å². The minimum Gasteiger partial charge on any atom is -0.497 e. The molecule has 1 unspecified atom stereocenters. The minimum atomic E-state index is -3.43. The molecule has 3 rings (SSSR count). The van der Waals surface area contributed by atoms with E-state index < -0.39 is 10.2 Å². The molecule has 0 bridgehead atoms. The molecule has 2 aliphatic rings. The van der Waals surface area contributed by atoms with E-state index in [1.165, 1.54) is 0 Å². The molecule has 0 radical (unpaired) electrons. The van der Waals surface area contributed by atoms with Crippen molar-refractivity contribution in [1.82, 2.24) is 13.5 Å². The van der Waals surface area contributed by atoms with Gasteiger partial charge in [-0.15, -0.1) is 0 Å². The summed E-state index contributed by atoms with van der Waals surface area (Å²) < 4.78 is 39.7. The zero-order valence-electron chi connectivity index (χ0n) is 18.7. The molecule has 0 spiro atoms. The highest BCUT2D eigenvalue weighted by atomic mass is 32.2. The van der Waals surface area contributed by atoms with Crippen LogP contribution in [0.4, 0.5) is 5.69 Å². The van der Waals surface area contributed by atoms with Crippen LogP contribution in [0.15, 0.2) is 18.2 Å². The van der Waals surface area contributed by atoms with Crippen LogP contribution >= 0.6 is 0 Å². The molecule has 10 heteroatoms. The number of hydrogen-bond donors (Lipinski definition) is 1. The number of nitrogens with zero attached hydrogens (tertiary/aromatic N) is 3. The van der Waals surface area contributed by atoms with Gasteiger partial charge < -0.3 is 14.8 Å². The van der Waals surface area contributed by atoms with Gasteiger partial charge in [0.05, 0.1) is 20.3 Å². The lowest BCUT2D eigenvalue weighted by atomic mass is 10.2. The molecule has 0 aliphatic carbocycles. The average molecular weight is 455 g/mol. The molecule has 31 heavy (non-hydrogen) atoms. The number of anilines is 1. The van der Waals surface area contributed by atoms with Gasteiger partial charge in [0.25, 0.3) is 10.2 Å². The largest absolute Gasteiger partial charge is 0.497 e. The summed E-state index contributed by atoms with van der Waals surface area (Å²) in [7, 11) is -0.315. The van der Waals surface area contributed by atoms with Crippen molar-refractivity contribution in [2.24, 2.45) is 0 Å². The van der Waals surface area contributed by atoms with Gasteiger partial charge in [0.2, 0.25) is 5.91 Å². The number of amides is 1. The standard InChI is InChI=1S/C21H34N4O5S/c1-17(21(26)22-18-14-19(29-2)16-20(15-18)30-3)23-10-12-25(13-11-23)31(27,28)24-8-6-4-5-7-9-24/h14-17H,4-13H2,1-3H3,(H,22,26). The highest BCUT2D eigenvalue weighted by Crippen LogP contribution is 2.26. The van der Waals surface area contributed by atoms with Crippen LogP contribution in [0.5, 0.6) is 11.5 Å². The summed E-state index contributed by atoms with van der Waals surface area (Å²) in [6, 6.07) is 4.82. The minimum absolute atomic E-state index is 0.154. The van der Waals surface area contributed by atoms with Crippen molar-refractivity contribution in [3.05, 3.63) is 18.2 Å². The first-order chi connectivity index (χ1) is 14.8. The second-order valence-electron chi connectivity index (χ2n) is 8.02. The number of benzene rings is 1. The number of rotatable bonds is 7. The first-order valence-corrected chi connectivity index (χ1v) is 12.3. The number of methoxy groups -OCH3 is 2. The van der Waals surface area contributed by atoms with Crippen molar-refractivity contribution in [1.29, 1.82) is 0 Å². The maximum Gasteiger partial charge on any atom is 0.282 e. The van der Waals surface area contributed by atoms with Crippen LogP contribution in [0.25, 0.3) is 0 Å². The lowest BCUT2D eigenvalue weighted by Gasteiger charge is -2.38. The van der Waals surface area contributed by atoms with Crippen LogP contribution in [0, 0.1) is 0 Å². The third kappa shape index (κ3) is 5.88. The molecule has 2 saturated heterocycles. The SMILES string of the molecule is COc1cc(NC(=O)C(C)N2CCN(S(=O)(=O)N3CCCCCC3)CC2)cc(OC)c1. The molecule has 0 aromatic heterocycles. The Morgan fingerprint density at radius 3 is 1.90 bits per heavy atom. The Bertz CT molecular complexity index is 825. The fourth-order valence-corrected chi connectivity index (χ4v) is 5.72. The Morgan fingerprint density at radius 2 is 1.39 bits per heavy atom. The average Bonchev–Trinajstić information content (AvgIpc) is 3.08. The summed E-state index contributed by atoms with van der Waals surface area (Å²) in [5.41, 5.74) is 0.593. The summed E-state index contributed by atoms with van der Waals surface area (Å²) in [6.45, 7) is 4.86. The fourth-order valence-electron chi connectivity index (χ4n) is 4.05. The molecular weight excluding hydrogens is 420 g/mol. The van der Waals surface area contributed by atoms with Crippen LogP contribution in [-0.4, -0.2) is 87.4 Å². The smallest absolute Gasteiger partial charge is 0.282 e. The van der Waals surface area contributed by atoms with Gasteiger partial charge in [0.1, 0.15) is 11.5 Å². The Kier molecular flexibility index (Phi) is 8.15. The van der Waals surface area contributed by atoms with E-state index in [2.05, 4.69) is 5.32 Å². The topological polar surface area (TPSA) is 91.4 Å². The molecule has 1 aromatic carbocycles. The van der Waals surface area contributed by atoms with E-state index in [1.807, 2.05) is 11.8 Å². The Morgan fingerprint density at radius 1 is 0.871 bits per heavy atom. The highest BCUT2D eigenvalue weighted by molar-refractivity contribution is 7.86. The molecule has 1 atom stereocenters. The number of carbonyl (C=O) groups is 1. The monoisotopic (exact) mass is 454 g/mol. The molecule has 1 amide bonds. The number of piperazine rings is 1. The summed E-state index contributed by atoms with van der Waals surface area (Å²) in [4.78, 5) is 14.8. The van der Waals surface area contributed by atoms with Gasteiger partial charge in [-0.25, -0.2) is 0 Å². The van der Waals surface area contributed by atoms with Gasteiger partial charge in [-0.05, 0) is 19.8 Å². The van der Waals surface area contributed by atoms with Crippen molar-refractivity contribution < 1.29 is 22.7 Å². The predicted octanol–water partition coefficient (Wildman–Crippen LogP) is 1.77. The predicted molar refractivity (Wildman–Crippen MR) is 120 cm³/mol. The lowest BCUT2D eigenvalue weighted by molar-refractivity contribution is -0.121. The van der Waals surface area contributed by atoms with E-state index in [0.29, 0.717) is 56.5 Å². The summed E-state index contributed by atoms with van der Waals surface area (Å²) in [6.07, 6.45) is 4.02. The molecule has 174 valence electrons. The van der Waals surface area contributed by atoms with Crippen LogP contribution in [0.3, 0.4) is 0 Å². The highest BCUT2D eigenvalue weighted by Gasteiger charge is 2.34. The fraction of sp³-hybridized carbons (Fsp3) is 0.667. The first kappa shape index (κ1) is 23.8. The zero-order valence-corrected chi connectivity index (χ0v) is 19.5. The summed E-state index contributed by atoms with van der Waals surface area (Å²) >= 11 is 0. The van der Waals surface area contributed by atoms with Crippen molar-refractivity contribution in [3.8, 4) is 11.5 Å². The second kappa shape index (κ2) is 10.6. The first-order valence-electron chi connectivity index (χ1n) is 10.9. The summed E-state index contributed by atoms with van der Waals surface area (Å²) in [5, 5.41) is 2.91. The van der Waals surface area contributed by atoms with Gasteiger partial charge in [-0.2, -0.15) is 17.0 Å². The van der Waals surface area contributed by atoms with Crippen molar-refractivity contribution in [2.75, 3.05) is 58.8 Å². The van der Waals surface area contributed by atoms with Gasteiger partial charge in [0.15, 0.2) is 0 Å². The maximum absolute atomic E-state index is 13.0. The Balaban J connectivity index is 1.57. The maximum atomic E-state index is 13.0. The number of ether oxygens (including phenoxy) is 2. The molecule has 2 heterocycles. The molecule has 2 fully saturated rings. The van der Waals surface area contributed by atoms with Crippen molar-refractivity contribution in [3.63, 3.8) is 0 Å². The molecule has 9 nitrogen and oxygen atoms in total.